The van der Waals surface area contributed by atoms with Crippen molar-refractivity contribution in [2.75, 3.05) is 18.6 Å². The fourth-order valence-electron chi connectivity index (χ4n) is 2.20. The molecule has 0 aliphatic heterocycles. The monoisotopic (exact) mass is 454 g/mol. The van der Waals surface area contributed by atoms with Crippen LogP contribution in [0.2, 0.25) is 5.02 Å². The second-order valence-electron chi connectivity index (χ2n) is 5.93. The molecule has 0 radical (unpaired) electrons. The van der Waals surface area contributed by atoms with Gasteiger partial charge in [0, 0.05) is 17.8 Å². The van der Waals surface area contributed by atoms with Crippen LogP contribution in [-0.4, -0.2) is 47.2 Å². The molecular formula is C18H19ClN4O6S. The summed E-state index contributed by atoms with van der Waals surface area (Å²) in [6.07, 6.45) is 2.00. The fraction of sp³-hybridized carbons (Fsp3) is 0.333. The minimum atomic E-state index is -1.10. The second-order valence-corrected chi connectivity index (χ2v) is 7.32. The smallest absolute Gasteiger partial charge is 0.329 e. The van der Waals surface area contributed by atoms with Gasteiger partial charge in [0.05, 0.1) is 15.5 Å². The summed E-state index contributed by atoms with van der Waals surface area (Å²) >= 11 is 7.36. The van der Waals surface area contributed by atoms with Gasteiger partial charge in [0.2, 0.25) is 5.78 Å². The van der Waals surface area contributed by atoms with Gasteiger partial charge in [-0.1, -0.05) is 11.6 Å². The predicted octanol–water partition coefficient (Wildman–Crippen LogP) is 1.97. The van der Waals surface area contributed by atoms with Gasteiger partial charge in [-0.3, -0.25) is 19.7 Å². The summed E-state index contributed by atoms with van der Waals surface area (Å²) in [5, 5.41) is 22.0. The Balaban J connectivity index is 2.91. The number of ether oxygens (including phenoxy) is 1. The molecule has 0 aliphatic carbocycles. The first kappa shape index (κ1) is 24.9. The number of Topliss-reactive ketones (excluding diaryl/α,β-unsaturated/α-hetero) is 1. The van der Waals surface area contributed by atoms with Crippen LogP contribution in [0.25, 0.3) is 0 Å². The number of benzene rings is 1. The number of nitrogens with zero attached hydrogens (tertiary/aromatic N) is 2. The molecule has 0 spiro atoms. The van der Waals surface area contributed by atoms with Crippen molar-refractivity contribution in [2.45, 2.75) is 19.4 Å². The molecule has 0 saturated carbocycles. The van der Waals surface area contributed by atoms with E-state index in [1.54, 1.807) is 12.3 Å². The third kappa shape index (κ3) is 7.06. The van der Waals surface area contributed by atoms with E-state index in [1.807, 2.05) is 0 Å². The number of non-ortho nitro benzene ring substituents is 1. The number of amides is 1. The fourth-order valence-corrected chi connectivity index (χ4v) is 2.93. The van der Waals surface area contributed by atoms with Gasteiger partial charge in [-0.25, -0.2) is 4.79 Å². The van der Waals surface area contributed by atoms with Gasteiger partial charge in [0.15, 0.2) is 6.61 Å². The van der Waals surface area contributed by atoms with Crippen molar-refractivity contribution in [3.05, 3.63) is 50.2 Å². The lowest BCUT2D eigenvalue weighted by molar-refractivity contribution is -0.384. The van der Waals surface area contributed by atoms with E-state index in [4.69, 9.17) is 27.3 Å². The normalized spacial score (nSPS) is 12.2. The van der Waals surface area contributed by atoms with Crippen LogP contribution in [0.3, 0.4) is 0 Å². The van der Waals surface area contributed by atoms with Gasteiger partial charge in [-0.15, -0.1) is 0 Å². The minimum absolute atomic E-state index is 0.00130. The second kappa shape index (κ2) is 11.8. The largest absolute Gasteiger partial charge is 0.456 e. The summed E-state index contributed by atoms with van der Waals surface area (Å²) in [5.74, 6) is -1.89. The number of hydrogen-bond donors (Lipinski definition) is 2. The highest BCUT2D eigenvalue weighted by Gasteiger charge is 2.25. The molecule has 0 saturated heterocycles. The first-order valence-corrected chi connectivity index (χ1v) is 10.2. The van der Waals surface area contributed by atoms with Crippen molar-refractivity contribution in [3.8, 4) is 6.07 Å². The zero-order valence-corrected chi connectivity index (χ0v) is 17.7. The lowest BCUT2D eigenvalue weighted by Gasteiger charge is -2.17. The maximum atomic E-state index is 12.5. The van der Waals surface area contributed by atoms with Gasteiger partial charge < -0.3 is 15.8 Å². The SMILES string of the molecule is CSCCC(NC(=O)c1ccc([N+](=O)[O-])cc1Cl)C(=O)OCC(=O)/C(C#N)=C(/C)N. The number of nitro benzene ring substituents is 1. The Morgan fingerprint density at radius 3 is 2.60 bits per heavy atom. The minimum Gasteiger partial charge on any atom is -0.456 e. The summed E-state index contributed by atoms with van der Waals surface area (Å²) in [7, 11) is 0. The third-order valence-electron chi connectivity index (χ3n) is 3.74. The van der Waals surface area contributed by atoms with E-state index in [2.05, 4.69) is 5.32 Å². The average molecular weight is 455 g/mol. The topological polar surface area (TPSA) is 165 Å². The van der Waals surface area contributed by atoms with E-state index in [1.165, 1.54) is 24.8 Å². The number of esters is 1. The van der Waals surface area contributed by atoms with E-state index in [9.17, 15) is 24.5 Å². The number of rotatable bonds is 10. The molecule has 0 heterocycles. The van der Waals surface area contributed by atoms with Crippen molar-refractivity contribution in [1.82, 2.24) is 5.32 Å². The third-order valence-corrected chi connectivity index (χ3v) is 4.70. The predicted molar refractivity (Wildman–Crippen MR) is 111 cm³/mol. The molecule has 1 unspecified atom stereocenters. The number of halogens is 1. The van der Waals surface area contributed by atoms with Crippen molar-refractivity contribution in [2.24, 2.45) is 5.73 Å². The molecule has 30 heavy (non-hydrogen) atoms. The molecule has 1 amide bonds. The summed E-state index contributed by atoms with van der Waals surface area (Å²) < 4.78 is 4.94. The molecule has 0 bridgehead atoms. The van der Waals surface area contributed by atoms with Crippen LogP contribution in [0.5, 0.6) is 0 Å². The number of hydrogen-bond acceptors (Lipinski definition) is 9. The van der Waals surface area contributed by atoms with Gasteiger partial charge >= 0.3 is 5.97 Å². The van der Waals surface area contributed by atoms with Gasteiger partial charge in [0.25, 0.3) is 11.6 Å². The summed E-state index contributed by atoms with van der Waals surface area (Å²) in [6.45, 7) is 0.661. The van der Waals surface area contributed by atoms with Crippen molar-refractivity contribution in [3.63, 3.8) is 0 Å². The van der Waals surface area contributed by atoms with Crippen molar-refractivity contribution >= 4 is 46.7 Å². The number of thioether (sulfide) groups is 1. The Labute approximate surface area is 181 Å². The average Bonchev–Trinajstić information content (AvgIpc) is 2.69. The van der Waals surface area contributed by atoms with Gasteiger partial charge in [-0.2, -0.15) is 17.0 Å². The Morgan fingerprint density at radius 2 is 2.10 bits per heavy atom. The van der Waals surface area contributed by atoms with Crippen molar-refractivity contribution in [1.29, 1.82) is 5.26 Å². The molecule has 0 fully saturated rings. The van der Waals surface area contributed by atoms with E-state index < -0.39 is 35.2 Å². The zero-order chi connectivity index (χ0) is 22.8. The van der Waals surface area contributed by atoms with Crippen LogP contribution >= 0.6 is 23.4 Å². The Hall–Kier alpha value is -3.10. The summed E-state index contributed by atoms with van der Waals surface area (Å²) in [4.78, 5) is 46.9. The number of ketones is 1. The van der Waals surface area contributed by atoms with Crippen LogP contribution in [0, 0.1) is 21.4 Å². The Kier molecular flexibility index (Phi) is 9.80. The maximum Gasteiger partial charge on any atom is 0.329 e. The molecule has 0 aromatic heterocycles. The van der Waals surface area contributed by atoms with E-state index in [-0.39, 0.29) is 34.0 Å². The quantitative estimate of drug-likeness (QED) is 0.176. The van der Waals surface area contributed by atoms with Crippen molar-refractivity contribution < 1.29 is 24.0 Å². The van der Waals surface area contributed by atoms with E-state index >= 15 is 0 Å². The summed E-state index contributed by atoms with van der Waals surface area (Å²) in [6, 6.07) is 3.84. The molecule has 160 valence electrons. The number of carbonyl (C=O) groups excluding carboxylic acids is 3. The van der Waals surface area contributed by atoms with Crippen LogP contribution in [0.1, 0.15) is 23.7 Å². The highest BCUT2D eigenvalue weighted by molar-refractivity contribution is 7.98. The lowest BCUT2D eigenvalue weighted by Crippen LogP contribution is -2.43. The lowest BCUT2D eigenvalue weighted by atomic mass is 10.1. The van der Waals surface area contributed by atoms with Crippen LogP contribution < -0.4 is 11.1 Å². The number of nitriles is 1. The number of allylic oxidation sites excluding steroid dienone is 1. The molecule has 12 heteroatoms. The first-order valence-electron chi connectivity index (χ1n) is 8.42. The van der Waals surface area contributed by atoms with Crippen LogP contribution in [0.4, 0.5) is 5.69 Å². The van der Waals surface area contributed by atoms with Crippen LogP contribution in [0.15, 0.2) is 29.5 Å². The number of nitrogens with one attached hydrogen (secondary N) is 1. The molecule has 1 rings (SSSR count). The molecule has 1 aromatic carbocycles. The Bertz CT molecular complexity index is 924. The number of carbonyl (C=O) groups is 3. The Morgan fingerprint density at radius 1 is 1.43 bits per heavy atom. The maximum absolute atomic E-state index is 12.5. The zero-order valence-electron chi connectivity index (χ0n) is 16.1. The van der Waals surface area contributed by atoms with Crippen LogP contribution in [-0.2, 0) is 14.3 Å². The molecular weight excluding hydrogens is 436 g/mol. The number of nitro groups is 1. The standard InChI is InChI=1S/C18H19ClN4O6S/c1-10(21)13(8-20)16(24)9-29-18(26)15(5-6-30-2)22-17(25)12-4-3-11(23(27)28)7-14(12)19/h3-4,7,15H,5-6,9,21H2,1-2H3,(H,22,25)/b13-10-. The highest BCUT2D eigenvalue weighted by atomic mass is 35.5. The highest BCUT2D eigenvalue weighted by Crippen LogP contribution is 2.22. The number of nitrogens with two attached hydrogens (primary N) is 1. The van der Waals surface area contributed by atoms with Gasteiger partial charge in [0.1, 0.15) is 17.7 Å². The first-order chi connectivity index (χ1) is 14.1. The molecule has 1 aromatic rings. The van der Waals surface area contributed by atoms with E-state index in [0.717, 1.165) is 12.1 Å². The molecule has 1 atom stereocenters. The molecule has 0 aliphatic rings. The summed E-state index contributed by atoms with van der Waals surface area (Å²) in [5.41, 5.74) is 4.77. The van der Waals surface area contributed by atoms with E-state index in [0.29, 0.717) is 5.75 Å². The molecule has 10 nitrogen and oxygen atoms in total. The molecule has 3 N–H and O–H groups in total. The van der Waals surface area contributed by atoms with Gasteiger partial charge in [-0.05, 0) is 31.4 Å².